The number of hydrogen-bond donors (Lipinski definition) is 2. The molecule has 2 N–H and O–H groups in total. The number of aliphatic hydroxyl groups is 1. The first-order valence-corrected chi connectivity index (χ1v) is 10.9. The number of rotatable bonds is 9. The van der Waals surface area contributed by atoms with Crippen LogP contribution in [0.3, 0.4) is 0 Å². The van der Waals surface area contributed by atoms with Gasteiger partial charge in [0.2, 0.25) is 10.0 Å². The van der Waals surface area contributed by atoms with Gasteiger partial charge in [0.25, 0.3) is 0 Å². The van der Waals surface area contributed by atoms with E-state index in [1.807, 2.05) is 13.8 Å². The van der Waals surface area contributed by atoms with Crippen LogP contribution in [0.2, 0.25) is 5.02 Å². The third-order valence-electron chi connectivity index (χ3n) is 4.52. The van der Waals surface area contributed by atoms with E-state index in [0.29, 0.717) is 6.42 Å². The number of nitrogens with one attached hydrogen (secondary N) is 1. The first-order valence-electron chi connectivity index (χ1n) is 9.10. The largest absolute Gasteiger partial charge is 0.390 e. The molecule has 0 aliphatic heterocycles. The van der Waals surface area contributed by atoms with E-state index in [1.165, 1.54) is 31.3 Å². The lowest BCUT2D eigenvalue weighted by molar-refractivity contribution is 0.139. The van der Waals surface area contributed by atoms with Gasteiger partial charge in [0.1, 0.15) is 13.7 Å². The second kappa shape index (κ2) is 9.58. The van der Waals surface area contributed by atoms with Crippen LogP contribution in [0, 0.1) is 5.82 Å². The monoisotopic (exact) mass is 438 g/mol. The molecule has 9 heteroatoms. The Hall–Kier alpha value is -1.45. The number of likely N-dealkylation sites (N-methyl/N-ethyl adjacent to an activating group) is 1. The quantitative estimate of drug-likeness (QED) is 0.587. The highest BCUT2D eigenvalue weighted by molar-refractivity contribution is 7.89. The van der Waals surface area contributed by atoms with E-state index in [1.54, 1.807) is 18.2 Å². The van der Waals surface area contributed by atoms with Gasteiger partial charge in [0.05, 0.1) is 16.0 Å². The molecule has 1 atom stereocenters. The molecule has 0 saturated carbocycles. The molecule has 0 bridgehead atoms. The minimum Gasteiger partial charge on any atom is -0.390 e. The van der Waals surface area contributed by atoms with Crippen LogP contribution in [0.25, 0.3) is 0 Å². The van der Waals surface area contributed by atoms with Crippen molar-refractivity contribution in [3.63, 3.8) is 0 Å². The average molecular weight is 439 g/mol. The number of benzene rings is 2. The molecule has 5 nitrogen and oxygen atoms in total. The maximum absolute atomic E-state index is 13.6. The number of halogens is 2. The third-order valence-corrected chi connectivity index (χ3v) is 6.73. The summed E-state index contributed by atoms with van der Waals surface area (Å²) in [6.45, 7) is 3.89. The van der Waals surface area contributed by atoms with Gasteiger partial charge in [0, 0.05) is 25.7 Å². The molecule has 0 fully saturated rings. The van der Waals surface area contributed by atoms with Crippen molar-refractivity contribution in [2.45, 2.75) is 36.8 Å². The number of nitrogens with zero attached hydrogens (tertiary/aromatic N) is 1. The second-order valence-electron chi connectivity index (χ2n) is 7.67. The Morgan fingerprint density at radius 3 is 2.55 bits per heavy atom. The summed E-state index contributed by atoms with van der Waals surface area (Å²) in [5.41, 5.74) is 0.462. The van der Waals surface area contributed by atoms with Crippen LogP contribution in [-0.4, -0.2) is 57.5 Å². The van der Waals surface area contributed by atoms with Crippen LogP contribution in [0.4, 0.5) is 4.39 Å². The molecule has 0 aliphatic carbocycles. The van der Waals surface area contributed by atoms with Gasteiger partial charge in [-0.05, 0) is 44.0 Å². The van der Waals surface area contributed by atoms with Gasteiger partial charge in [-0.1, -0.05) is 41.3 Å². The Balaban J connectivity index is 1.95. The SMILES string of the molecule is [B]c1ccccc1S(=O)(=O)N(C)CC(O)CNC(C)(C)Cc1ccc(Cl)c(F)c1. The molecule has 0 amide bonds. The van der Waals surface area contributed by atoms with E-state index in [4.69, 9.17) is 19.4 Å². The standard InChI is InChI=1S/C20H25BClFN2O3S/c1-20(2,11-14-8-9-17(22)18(23)10-14)24-12-15(26)13-25(3)29(27,28)19-7-5-4-6-16(19)21/h4-10,15,24,26H,11-13H2,1-3H3. The molecule has 2 radical (unpaired) electrons. The van der Waals surface area contributed by atoms with E-state index in [2.05, 4.69) is 5.32 Å². The highest BCUT2D eigenvalue weighted by Crippen LogP contribution is 2.19. The molecule has 2 rings (SSSR count). The zero-order valence-corrected chi connectivity index (χ0v) is 18.3. The first kappa shape index (κ1) is 23.8. The fraction of sp³-hybridized carbons (Fsp3) is 0.400. The molecule has 0 aliphatic rings. The van der Waals surface area contributed by atoms with Crippen molar-refractivity contribution < 1.29 is 17.9 Å². The van der Waals surface area contributed by atoms with Crippen LogP contribution in [0.1, 0.15) is 19.4 Å². The number of β-amino-alcohol motifs (C(OH)–C–C–N with tert-alkyl or cyclic N) is 1. The van der Waals surface area contributed by atoms with E-state index < -0.39 is 27.5 Å². The van der Waals surface area contributed by atoms with Crippen LogP contribution < -0.4 is 10.8 Å². The summed E-state index contributed by atoms with van der Waals surface area (Å²) in [6, 6.07) is 10.8. The van der Waals surface area contributed by atoms with Crippen molar-refractivity contribution in [3.05, 3.63) is 58.9 Å². The summed E-state index contributed by atoms with van der Waals surface area (Å²) in [4.78, 5) is 0.00718. The molecule has 1 unspecified atom stereocenters. The van der Waals surface area contributed by atoms with Gasteiger partial charge < -0.3 is 10.4 Å². The molecule has 156 valence electrons. The predicted molar refractivity (Wildman–Crippen MR) is 115 cm³/mol. The zero-order valence-electron chi connectivity index (χ0n) is 16.7. The highest BCUT2D eigenvalue weighted by Gasteiger charge is 2.25. The van der Waals surface area contributed by atoms with Crippen LogP contribution in [0.15, 0.2) is 47.4 Å². The summed E-state index contributed by atoms with van der Waals surface area (Å²) in [5, 5.41) is 13.6. The minimum absolute atomic E-state index is 0.00718. The topological polar surface area (TPSA) is 69.6 Å². The van der Waals surface area contributed by atoms with Crippen LogP contribution in [0.5, 0.6) is 0 Å². The van der Waals surface area contributed by atoms with Crippen LogP contribution >= 0.6 is 11.6 Å². The van der Waals surface area contributed by atoms with Crippen molar-refractivity contribution >= 4 is 34.9 Å². The Morgan fingerprint density at radius 1 is 1.28 bits per heavy atom. The van der Waals surface area contributed by atoms with Gasteiger partial charge in [-0.3, -0.25) is 0 Å². The maximum Gasteiger partial charge on any atom is 0.242 e. The van der Waals surface area contributed by atoms with E-state index in [-0.39, 0.29) is 28.5 Å². The predicted octanol–water partition coefficient (Wildman–Crippen LogP) is 1.87. The zero-order chi connectivity index (χ0) is 21.8. The first-order chi connectivity index (χ1) is 13.4. The van der Waals surface area contributed by atoms with Gasteiger partial charge in [-0.2, -0.15) is 4.31 Å². The van der Waals surface area contributed by atoms with Crippen LogP contribution in [-0.2, 0) is 16.4 Å². The average Bonchev–Trinajstić information content (AvgIpc) is 2.63. The Labute approximate surface area is 178 Å². The highest BCUT2D eigenvalue weighted by atomic mass is 35.5. The lowest BCUT2D eigenvalue weighted by Gasteiger charge is -2.29. The second-order valence-corrected chi connectivity index (χ2v) is 10.1. The molecule has 2 aromatic rings. The number of hydrogen-bond acceptors (Lipinski definition) is 4. The summed E-state index contributed by atoms with van der Waals surface area (Å²) in [7, 11) is 3.35. The number of aliphatic hydroxyl groups excluding tert-OH is 1. The summed E-state index contributed by atoms with van der Waals surface area (Å²) >= 11 is 5.71. The van der Waals surface area contributed by atoms with Gasteiger partial charge in [-0.15, -0.1) is 0 Å². The summed E-state index contributed by atoms with van der Waals surface area (Å²) in [5.74, 6) is -0.480. The lowest BCUT2D eigenvalue weighted by atomic mass is 9.94. The van der Waals surface area contributed by atoms with Crippen molar-refractivity contribution in [3.8, 4) is 0 Å². The molecular weight excluding hydrogens is 414 g/mol. The molecule has 0 aromatic heterocycles. The Morgan fingerprint density at radius 2 is 1.93 bits per heavy atom. The van der Waals surface area contributed by atoms with Crippen molar-refractivity contribution in [1.29, 1.82) is 0 Å². The molecular formula is C20H25BClFN2O3S. The summed E-state index contributed by atoms with van der Waals surface area (Å²) in [6.07, 6.45) is -0.441. The molecule has 0 saturated heterocycles. The van der Waals surface area contributed by atoms with E-state index in [0.717, 1.165) is 9.87 Å². The van der Waals surface area contributed by atoms with Gasteiger partial charge in [0.15, 0.2) is 0 Å². The van der Waals surface area contributed by atoms with Crippen molar-refractivity contribution in [2.75, 3.05) is 20.1 Å². The van der Waals surface area contributed by atoms with Crippen molar-refractivity contribution in [2.24, 2.45) is 0 Å². The fourth-order valence-corrected chi connectivity index (χ4v) is 4.40. The smallest absolute Gasteiger partial charge is 0.242 e. The van der Waals surface area contributed by atoms with E-state index >= 15 is 0 Å². The molecule has 2 aromatic carbocycles. The minimum atomic E-state index is -3.81. The van der Waals surface area contributed by atoms with Gasteiger partial charge in [-0.25, -0.2) is 12.8 Å². The van der Waals surface area contributed by atoms with Gasteiger partial charge >= 0.3 is 0 Å². The fourth-order valence-electron chi connectivity index (χ4n) is 2.96. The molecule has 29 heavy (non-hydrogen) atoms. The maximum atomic E-state index is 13.6. The molecule has 0 heterocycles. The van der Waals surface area contributed by atoms with Crippen molar-refractivity contribution in [1.82, 2.24) is 9.62 Å². The molecule has 0 spiro atoms. The Bertz CT molecular complexity index is 956. The van der Waals surface area contributed by atoms with E-state index in [9.17, 15) is 17.9 Å². The normalized spacial score (nSPS) is 13.6. The summed E-state index contributed by atoms with van der Waals surface area (Å²) < 4.78 is 40.0. The third kappa shape index (κ3) is 6.52. The Kier molecular flexibility index (Phi) is 7.87. The number of sulfonamides is 1. The lowest BCUT2D eigenvalue weighted by Crippen LogP contribution is -2.48.